The molecule has 0 N–H and O–H groups in total. The van der Waals surface area contributed by atoms with Gasteiger partial charge in [-0.2, -0.15) is 0 Å². The van der Waals surface area contributed by atoms with Crippen LogP contribution in [0.1, 0.15) is 17.5 Å². The summed E-state index contributed by atoms with van der Waals surface area (Å²) in [5.41, 5.74) is 4.21. The number of aromatic nitrogens is 1. The van der Waals surface area contributed by atoms with Crippen LogP contribution in [-0.4, -0.2) is 56.6 Å². The quantitative estimate of drug-likeness (QED) is 0.318. The normalized spacial score (nSPS) is 17.7. The Morgan fingerprint density at radius 1 is 1.03 bits per heavy atom. The first kappa shape index (κ1) is 24.0. The van der Waals surface area contributed by atoms with Crippen molar-refractivity contribution in [3.63, 3.8) is 0 Å². The molecule has 3 heterocycles. The fourth-order valence-corrected chi connectivity index (χ4v) is 5.86. The molecule has 1 unspecified atom stereocenters. The van der Waals surface area contributed by atoms with E-state index < -0.39 is 0 Å². The summed E-state index contributed by atoms with van der Waals surface area (Å²) in [4.78, 5) is 7.28. The van der Waals surface area contributed by atoms with E-state index in [1.165, 1.54) is 4.70 Å². The van der Waals surface area contributed by atoms with Crippen molar-refractivity contribution in [3.05, 3.63) is 65.7 Å². The van der Waals surface area contributed by atoms with Gasteiger partial charge in [-0.1, -0.05) is 12.1 Å². The van der Waals surface area contributed by atoms with E-state index in [4.69, 9.17) is 28.7 Å². The fourth-order valence-electron chi connectivity index (χ4n) is 4.91. The Kier molecular flexibility index (Phi) is 6.87. The van der Waals surface area contributed by atoms with Crippen molar-refractivity contribution < 1.29 is 23.7 Å². The Morgan fingerprint density at radius 3 is 2.76 bits per heavy atom. The molecule has 7 nitrogen and oxygen atoms in total. The van der Waals surface area contributed by atoms with E-state index >= 15 is 0 Å². The minimum Gasteiger partial charge on any atom is -0.497 e. The fraction of sp³-hybridized carbons (Fsp3) is 0.345. The molecule has 6 rings (SSSR count). The van der Waals surface area contributed by atoms with Gasteiger partial charge >= 0.3 is 0 Å². The Bertz CT molecular complexity index is 1370. The molecule has 2 aliphatic heterocycles. The van der Waals surface area contributed by atoms with Gasteiger partial charge < -0.3 is 23.7 Å². The molecule has 4 aromatic rings. The maximum Gasteiger partial charge on any atom is 0.165 e. The third-order valence-corrected chi connectivity index (χ3v) is 7.87. The lowest BCUT2D eigenvalue weighted by molar-refractivity contribution is 0.137. The predicted molar refractivity (Wildman–Crippen MR) is 144 cm³/mol. The number of fused-ring (bicyclic) bond motifs is 2. The van der Waals surface area contributed by atoms with Crippen LogP contribution in [0.15, 0.2) is 54.6 Å². The number of hydrogen-bond donors (Lipinski definition) is 0. The molecule has 0 saturated carbocycles. The molecule has 0 spiro atoms. The Morgan fingerprint density at radius 2 is 1.95 bits per heavy atom. The smallest absolute Gasteiger partial charge is 0.165 e. The zero-order valence-electron chi connectivity index (χ0n) is 21.1. The van der Waals surface area contributed by atoms with Gasteiger partial charge in [0.1, 0.15) is 29.2 Å². The topological polar surface area (TPSA) is 62.3 Å². The van der Waals surface area contributed by atoms with Gasteiger partial charge in [0, 0.05) is 42.7 Å². The first-order valence-electron chi connectivity index (χ1n) is 12.5. The molecule has 192 valence electrons. The van der Waals surface area contributed by atoms with Crippen LogP contribution < -0.4 is 18.9 Å². The van der Waals surface area contributed by atoms with E-state index in [9.17, 15) is 0 Å². The zero-order valence-corrected chi connectivity index (χ0v) is 21.9. The van der Waals surface area contributed by atoms with Crippen LogP contribution in [0.25, 0.3) is 20.8 Å². The summed E-state index contributed by atoms with van der Waals surface area (Å²) < 4.78 is 30.6. The lowest BCUT2D eigenvalue weighted by Crippen LogP contribution is -2.25. The van der Waals surface area contributed by atoms with Gasteiger partial charge in [-0.3, -0.25) is 4.90 Å². The summed E-state index contributed by atoms with van der Waals surface area (Å²) >= 11 is 1.69. The van der Waals surface area contributed by atoms with Crippen LogP contribution >= 0.6 is 11.3 Å². The number of thiazole rings is 1. The predicted octanol–water partition coefficient (Wildman–Crippen LogP) is 5.54. The molecule has 3 aromatic carbocycles. The van der Waals surface area contributed by atoms with Gasteiger partial charge in [-0.05, 0) is 42.5 Å². The summed E-state index contributed by atoms with van der Waals surface area (Å²) in [6.07, 6.45) is 0.903. The highest BCUT2D eigenvalue weighted by Crippen LogP contribution is 2.41. The maximum absolute atomic E-state index is 6.46. The summed E-state index contributed by atoms with van der Waals surface area (Å²) in [6, 6.07) is 18.4. The number of nitrogens with zero attached hydrogens (tertiary/aromatic N) is 2. The van der Waals surface area contributed by atoms with Crippen molar-refractivity contribution in [3.8, 4) is 33.6 Å². The van der Waals surface area contributed by atoms with Crippen molar-refractivity contribution in [2.75, 3.05) is 40.6 Å². The van der Waals surface area contributed by atoms with Crippen LogP contribution in [0.2, 0.25) is 0 Å². The van der Waals surface area contributed by atoms with Crippen LogP contribution in [0, 0.1) is 0 Å². The second-order valence-corrected chi connectivity index (χ2v) is 10.3. The van der Waals surface area contributed by atoms with Gasteiger partial charge in [0.2, 0.25) is 0 Å². The van der Waals surface area contributed by atoms with Crippen molar-refractivity contribution in [2.45, 2.75) is 25.6 Å². The lowest BCUT2D eigenvalue weighted by atomic mass is 10.1. The molecule has 1 fully saturated rings. The van der Waals surface area contributed by atoms with Crippen LogP contribution in [0.4, 0.5) is 0 Å². The largest absolute Gasteiger partial charge is 0.497 e. The van der Waals surface area contributed by atoms with E-state index in [-0.39, 0.29) is 6.10 Å². The third-order valence-electron chi connectivity index (χ3n) is 6.78. The molecule has 0 bridgehead atoms. The number of methoxy groups -OCH3 is 2. The van der Waals surface area contributed by atoms with E-state index in [0.29, 0.717) is 26.3 Å². The van der Waals surface area contributed by atoms with Crippen LogP contribution in [-0.2, 0) is 17.8 Å². The molecule has 1 saturated heterocycles. The van der Waals surface area contributed by atoms with Gasteiger partial charge in [-0.15, -0.1) is 11.3 Å². The molecular formula is C29H30N2O5S. The van der Waals surface area contributed by atoms with Crippen LogP contribution in [0.3, 0.4) is 0 Å². The average Bonchev–Trinajstić information content (AvgIpc) is 3.55. The molecule has 2 aliphatic rings. The Hall–Kier alpha value is -3.33. The molecule has 0 aliphatic carbocycles. The standard InChI is InChI=1S/C29H30N2O5S/c1-32-22-7-8-25(33-2)20(14-22)16-31-10-12-35-28-21(17-31)13-19(15-26(28)36-23-9-11-34-18-23)29-30-24-5-3-4-6-27(24)37-29/h3-8,13-15,23H,9-12,16-18H2,1-2H3. The first-order valence-corrected chi connectivity index (χ1v) is 13.3. The van der Waals surface area contributed by atoms with E-state index in [0.717, 1.165) is 69.8 Å². The highest BCUT2D eigenvalue weighted by atomic mass is 32.1. The molecule has 8 heteroatoms. The summed E-state index contributed by atoms with van der Waals surface area (Å²) in [7, 11) is 3.38. The van der Waals surface area contributed by atoms with Gasteiger partial charge in [0.25, 0.3) is 0 Å². The third kappa shape index (κ3) is 5.09. The van der Waals surface area contributed by atoms with Crippen molar-refractivity contribution in [1.29, 1.82) is 0 Å². The van der Waals surface area contributed by atoms with E-state index in [1.54, 1.807) is 25.6 Å². The number of rotatable bonds is 7. The van der Waals surface area contributed by atoms with Crippen molar-refractivity contribution in [1.82, 2.24) is 9.88 Å². The number of ether oxygens (including phenoxy) is 5. The molecule has 0 radical (unpaired) electrons. The molecule has 0 amide bonds. The van der Waals surface area contributed by atoms with E-state index in [2.05, 4.69) is 35.2 Å². The lowest BCUT2D eigenvalue weighted by Gasteiger charge is -2.22. The number of hydrogen-bond acceptors (Lipinski definition) is 8. The summed E-state index contributed by atoms with van der Waals surface area (Å²) in [5.74, 6) is 3.24. The first-order chi connectivity index (χ1) is 18.2. The highest BCUT2D eigenvalue weighted by molar-refractivity contribution is 7.21. The molecule has 1 atom stereocenters. The average molecular weight is 519 g/mol. The van der Waals surface area contributed by atoms with Gasteiger partial charge in [0.15, 0.2) is 11.5 Å². The number of benzene rings is 3. The van der Waals surface area contributed by atoms with Crippen LogP contribution in [0.5, 0.6) is 23.0 Å². The SMILES string of the molecule is COc1ccc(OC)c(CN2CCOc3c(cc(-c4nc5ccccc5s4)cc3OC3CCOC3)C2)c1. The summed E-state index contributed by atoms with van der Waals surface area (Å²) in [6.45, 7) is 4.09. The molecule has 1 aromatic heterocycles. The zero-order chi connectivity index (χ0) is 25.2. The maximum atomic E-state index is 6.46. The Balaban J connectivity index is 1.36. The number of para-hydroxylation sites is 1. The Labute approximate surface area is 220 Å². The van der Waals surface area contributed by atoms with Gasteiger partial charge in [-0.25, -0.2) is 4.98 Å². The second kappa shape index (κ2) is 10.6. The van der Waals surface area contributed by atoms with Gasteiger partial charge in [0.05, 0.1) is 37.6 Å². The second-order valence-electron chi connectivity index (χ2n) is 9.29. The monoisotopic (exact) mass is 518 g/mol. The minimum absolute atomic E-state index is 0.0266. The van der Waals surface area contributed by atoms with Crippen molar-refractivity contribution in [2.24, 2.45) is 0 Å². The molecule has 37 heavy (non-hydrogen) atoms. The summed E-state index contributed by atoms with van der Waals surface area (Å²) in [5, 5.41) is 0.974. The minimum atomic E-state index is 0.0266. The van der Waals surface area contributed by atoms with E-state index in [1.807, 2.05) is 24.3 Å². The van der Waals surface area contributed by atoms with Crippen molar-refractivity contribution >= 4 is 21.6 Å². The highest BCUT2D eigenvalue weighted by Gasteiger charge is 2.26. The molecular weight excluding hydrogens is 488 g/mol.